The molecule has 0 amide bonds. The summed E-state index contributed by atoms with van der Waals surface area (Å²) < 4.78 is 19.6. The molecule has 200 valence electrons. The molecule has 0 bridgehead atoms. The topological polar surface area (TPSA) is 36.3 Å². The highest BCUT2D eigenvalue weighted by Gasteiger charge is 2.22. The maximum atomic E-state index is 14.3. The minimum absolute atomic E-state index is 0.0841. The van der Waals surface area contributed by atoms with Crippen molar-refractivity contribution in [3.63, 3.8) is 0 Å². The van der Waals surface area contributed by atoms with Crippen LogP contribution >= 0.6 is 32.8 Å². The molecule has 0 aliphatic carbocycles. The second-order valence-corrected chi connectivity index (χ2v) is 12.5. The monoisotopic (exact) mass is 566 g/mol. The van der Waals surface area contributed by atoms with E-state index in [1.807, 2.05) is 30.0 Å². The van der Waals surface area contributed by atoms with Gasteiger partial charge in [-0.25, -0.2) is 4.39 Å². The lowest BCUT2D eigenvalue weighted by Gasteiger charge is -2.33. The molecule has 2 unspecified atom stereocenters. The van der Waals surface area contributed by atoms with Gasteiger partial charge in [0.25, 0.3) is 0 Å². The number of nitriles is 1. The second-order valence-electron chi connectivity index (χ2n) is 9.77. The maximum Gasteiger partial charge on any atom is 0.174 e. The van der Waals surface area contributed by atoms with Gasteiger partial charge >= 0.3 is 0 Å². The van der Waals surface area contributed by atoms with Crippen molar-refractivity contribution in [2.24, 2.45) is 5.92 Å². The molecule has 2 atom stereocenters. The zero-order valence-corrected chi connectivity index (χ0v) is 24.7. The first-order valence-electron chi connectivity index (χ1n) is 13.2. The van der Waals surface area contributed by atoms with Gasteiger partial charge in [-0.15, -0.1) is 32.8 Å². The van der Waals surface area contributed by atoms with Crippen molar-refractivity contribution in [3.05, 3.63) is 83.7 Å². The standard InChI is InChI=1S/C31H36FN2OPS2/c1-37-29-6-2-24(3-7-29)31(25-20-26(32)22-28(36)21-25)12-17-34-15-10-23(11-16-34)13-19-38-30-8-4-27(5-9-30)35-18-14-33/h2-9,20-23,31H,10-13,15-19,36H2,1H3. The van der Waals surface area contributed by atoms with Crippen LogP contribution in [0.2, 0.25) is 0 Å². The molecule has 38 heavy (non-hydrogen) atoms. The van der Waals surface area contributed by atoms with Gasteiger partial charge in [0.1, 0.15) is 17.6 Å². The van der Waals surface area contributed by atoms with E-state index in [2.05, 4.69) is 62.9 Å². The van der Waals surface area contributed by atoms with E-state index in [1.165, 1.54) is 34.6 Å². The summed E-state index contributed by atoms with van der Waals surface area (Å²) in [6, 6.07) is 24.2. The zero-order chi connectivity index (χ0) is 26.7. The maximum absolute atomic E-state index is 14.3. The van der Waals surface area contributed by atoms with E-state index in [4.69, 9.17) is 10.00 Å². The highest BCUT2D eigenvalue weighted by Crippen LogP contribution is 2.32. The summed E-state index contributed by atoms with van der Waals surface area (Å²) in [5.74, 6) is 2.66. The fourth-order valence-corrected chi connectivity index (χ4v) is 6.88. The Morgan fingerprint density at radius 3 is 2.39 bits per heavy atom. The summed E-state index contributed by atoms with van der Waals surface area (Å²) in [6.45, 7) is 3.38. The van der Waals surface area contributed by atoms with Crippen LogP contribution in [0.4, 0.5) is 4.39 Å². The van der Waals surface area contributed by atoms with E-state index in [9.17, 15) is 4.39 Å². The van der Waals surface area contributed by atoms with E-state index in [0.717, 1.165) is 54.3 Å². The van der Waals surface area contributed by atoms with E-state index >= 15 is 0 Å². The van der Waals surface area contributed by atoms with Gasteiger partial charge in [-0.3, -0.25) is 0 Å². The third-order valence-electron chi connectivity index (χ3n) is 7.23. The summed E-state index contributed by atoms with van der Waals surface area (Å²) in [5, 5.41) is 9.52. The van der Waals surface area contributed by atoms with Crippen LogP contribution in [0.3, 0.4) is 0 Å². The molecule has 1 aliphatic heterocycles. The highest BCUT2D eigenvalue weighted by molar-refractivity contribution is 7.99. The number of nitrogens with zero attached hydrogens (tertiary/aromatic N) is 2. The molecule has 3 aromatic carbocycles. The fraction of sp³-hybridized carbons (Fsp3) is 0.387. The number of likely N-dealkylation sites (tertiary alicyclic amines) is 1. The van der Waals surface area contributed by atoms with Gasteiger partial charge < -0.3 is 9.64 Å². The Morgan fingerprint density at radius 1 is 1.03 bits per heavy atom. The molecule has 1 heterocycles. The molecular weight excluding hydrogens is 530 g/mol. The van der Waals surface area contributed by atoms with Crippen LogP contribution in [0.1, 0.15) is 42.7 Å². The molecule has 3 aromatic rings. The number of benzene rings is 3. The smallest absolute Gasteiger partial charge is 0.174 e. The lowest BCUT2D eigenvalue weighted by atomic mass is 9.87. The quantitative estimate of drug-likeness (QED) is 0.169. The van der Waals surface area contributed by atoms with Gasteiger partial charge in [-0.2, -0.15) is 5.26 Å². The van der Waals surface area contributed by atoms with E-state index in [1.54, 1.807) is 23.9 Å². The summed E-state index contributed by atoms with van der Waals surface area (Å²) in [5.41, 5.74) is 2.32. The van der Waals surface area contributed by atoms with Gasteiger partial charge in [-0.1, -0.05) is 18.2 Å². The van der Waals surface area contributed by atoms with Crippen molar-refractivity contribution in [1.29, 1.82) is 5.26 Å². The minimum Gasteiger partial charge on any atom is -0.479 e. The summed E-state index contributed by atoms with van der Waals surface area (Å²) in [6.07, 6.45) is 6.79. The first-order chi connectivity index (χ1) is 18.5. The molecule has 0 saturated carbocycles. The Labute approximate surface area is 237 Å². The molecular formula is C31H36FN2OPS2. The predicted molar refractivity (Wildman–Crippen MR) is 162 cm³/mol. The van der Waals surface area contributed by atoms with Gasteiger partial charge in [0.15, 0.2) is 6.61 Å². The number of halogens is 1. The Balaban J connectivity index is 1.26. The lowest BCUT2D eigenvalue weighted by Crippen LogP contribution is -2.35. The number of hydrogen-bond acceptors (Lipinski definition) is 5. The van der Waals surface area contributed by atoms with Gasteiger partial charge in [-0.05, 0) is 128 Å². The minimum atomic E-state index is -0.166. The van der Waals surface area contributed by atoms with Crippen molar-refractivity contribution in [1.82, 2.24) is 4.90 Å². The van der Waals surface area contributed by atoms with Crippen molar-refractivity contribution >= 4 is 38.1 Å². The van der Waals surface area contributed by atoms with Crippen LogP contribution in [0, 0.1) is 23.1 Å². The van der Waals surface area contributed by atoms with Crippen LogP contribution in [-0.4, -0.2) is 43.1 Å². The molecule has 1 saturated heterocycles. The first-order valence-corrected chi connectivity index (χ1v) is 16.0. The second kappa shape index (κ2) is 14.9. The summed E-state index contributed by atoms with van der Waals surface area (Å²) in [7, 11) is 2.65. The Morgan fingerprint density at radius 2 is 1.74 bits per heavy atom. The average molecular weight is 567 g/mol. The third-order valence-corrected chi connectivity index (χ3v) is 9.35. The van der Waals surface area contributed by atoms with Crippen LogP contribution in [0.5, 0.6) is 5.75 Å². The normalized spacial score (nSPS) is 15.2. The zero-order valence-electron chi connectivity index (χ0n) is 21.9. The summed E-state index contributed by atoms with van der Waals surface area (Å²) in [4.78, 5) is 5.09. The third kappa shape index (κ3) is 8.75. The number of rotatable bonds is 12. The molecule has 1 aliphatic rings. The van der Waals surface area contributed by atoms with E-state index in [-0.39, 0.29) is 18.3 Å². The highest BCUT2D eigenvalue weighted by atomic mass is 32.2. The lowest BCUT2D eigenvalue weighted by molar-refractivity contribution is 0.179. The largest absolute Gasteiger partial charge is 0.479 e. The average Bonchev–Trinajstić information content (AvgIpc) is 2.93. The number of hydrogen-bond donors (Lipinski definition) is 0. The number of thioether (sulfide) groups is 2. The Bertz CT molecular complexity index is 1170. The molecule has 7 heteroatoms. The molecule has 0 radical (unpaired) electrons. The number of ether oxygens (including phenoxy) is 1. The van der Waals surface area contributed by atoms with Crippen LogP contribution in [0.25, 0.3) is 0 Å². The predicted octanol–water partition coefficient (Wildman–Crippen LogP) is 7.37. The fourth-order valence-electron chi connectivity index (χ4n) is 5.10. The van der Waals surface area contributed by atoms with Gasteiger partial charge in [0.2, 0.25) is 0 Å². The van der Waals surface area contributed by atoms with E-state index in [0.29, 0.717) is 0 Å². The van der Waals surface area contributed by atoms with Crippen molar-refractivity contribution in [3.8, 4) is 11.8 Å². The van der Waals surface area contributed by atoms with E-state index < -0.39 is 0 Å². The van der Waals surface area contributed by atoms with Gasteiger partial charge in [0.05, 0.1) is 0 Å². The van der Waals surface area contributed by atoms with Crippen LogP contribution in [-0.2, 0) is 0 Å². The van der Waals surface area contributed by atoms with Crippen molar-refractivity contribution < 1.29 is 9.13 Å². The molecule has 4 rings (SSSR count). The van der Waals surface area contributed by atoms with Gasteiger partial charge in [0, 0.05) is 15.7 Å². The molecule has 0 aromatic heterocycles. The molecule has 0 N–H and O–H groups in total. The molecule has 3 nitrogen and oxygen atoms in total. The SMILES string of the molecule is CSc1ccc(C(CCN2CCC(CCSc3ccc(OCC#N)cc3)CC2)c2cc(F)cc(P)c2)cc1. The first kappa shape index (κ1) is 29.0. The molecule has 1 fully saturated rings. The molecule has 0 spiro atoms. The summed E-state index contributed by atoms with van der Waals surface area (Å²) >= 11 is 3.64. The Kier molecular flexibility index (Phi) is 11.4. The number of piperidine rings is 1. The van der Waals surface area contributed by atoms with Crippen LogP contribution < -0.4 is 10.0 Å². The van der Waals surface area contributed by atoms with Crippen molar-refractivity contribution in [2.45, 2.75) is 41.4 Å². The van der Waals surface area contributed by atoms with Crippen molar-refractivity contribution in [2.75, 3.05) is 38.2 Å². The van der Waals surface area contributed by atoms with Crippen LogP contribution in [0.15, 0.2) is 76.5 Å². The Hall–Kier alpha value is -2.03.